The standard InChI is InChI=1S/C25H34F2N10O3/c1-2-3-16(38)4-5-18(39)35-8-6-15(7-9-35)22(40)36-10-12-37(13-11-36)25-33-21(32-24(29)34-25)17-14-30-23(28)31-19(17)20(26)27/h14-15,20H,2-13H2,1H3,(H2,28,30,31)(H2,29,32,33,34). The van der Waals surface area contributed by atoms with Gasteiger partial charge in [0.15, 0.2) is 5.82 Å². The topological polar surface area (TPSA) is 177 Å². The highest BCUT2D eigenvalue weighted by Crippen LogP contribution is 2.29. The predicted molar refractivity (Wildman–Crippen MR) is 142 cm³/mol. The summed E-state index contributed by atoms with van der Waals surface area (Å²) in [5.74, 6) is -0.385. The minimum atomic E-state index is -2.92. The third-order valence-electron chi connectivity index (χ3n) is 7.14. The number of nitrogen functional groups attached to an aromatic ring is 2. The van der Waals surface area contributed by atoms with Crippen molar-refractivity contribution in [2.75, 3.05) is 55.6 Å². The number of piperazine rings is 1. The molecule has 4 N–H and O–H groups in total. The molecular formula is C25H34F2N10O3. The second-order valence-corrected chi connectivity index (χ2v) is 9.90. The molecule has 13 nitrogen and oxygen atoms in total. The fourth-order valence-electron chi connectivity index (χ4n) is 4.96. The Morgan fingerprint density at radius 3 is 2.25 bits per heavy atom. The van der Waals surface area contributed by atoms with Gasteiger partial charge in [0, 0.05) is 70.6 Å². The maximum atomic E-state index is 13.5. The predicted octanol–water partition coefficient (Wildman–Crippen LogP) is 1.47. The van der Waals surface area contributed by atoms with E-state index >= 15 is 0 Å². The van der Waals surface area contributed by atoms with Crippen LogP contribution in [0.3, 0.4) is 0 Å². The Labute approximate surface area is 230 Å². The molecule has 15 heteroatoms. The van der Waals surface area contributed by atoms with E-state index in [-0.39, 0.29) is 65.6 Å². The van der Waals surface area contributed by atoms with Gasteiger partial charge in [0.05, 0.1) is 5.56 Å². The number of hydrogen-bond donors (Lipinski definition) is 2. The van der Waals surface area contributed by atoms with E-state index in [1.165, 1.54) is 0 Å². The lowest BCUT2D eigenvalue weighted by molar-refractivity contribution is -0.141. The molecule has 2 aromatic rings. The van der Waals surface area contributed by atoms with Gasteiger partial charge < -0.3 is 26.2 Å². The largest absolute Gasteiger partial charge is 0.368 e. The lowest BCUT2D eigenvalue weighted by Gasteiger charge is -2.38. The first-order chi connectivity index (χ1) is 19.2. The average molecular weight is 561 g/mol. The maximum absolute atomic E-state index is 13.5. The van der Waals surface area contributed by atoms with Gasteiger partial charge in [0.1, 0.15) is 11.5 Å². The van der Waals surface area contributed by atoms with E-state index in [0.717, 1.165) is 12.6 Å². The van der Waals surface area contributed by atoms with E-state index in [4.69, 9.17) is 11.5 Å². The first-order valence-corrected chi connectivity index (χ1v) is 13.4. The number of carbonyl (C=O) groups is 3. The maximum Gasteiger partial charge on any atom is 0.281 e. The van der Waals surface area contributed by atoms with Crippen molar-refractivity contribution < 1.29 is 23.2 Å². The Balaban J connectivity index is 1.32. The smallest absolute Gasteiger partial charge is 0.281 e. The fourth-order valence-corrected chi connectivity index (χ4v) is 4.96. The summed E-state index contributed by atoms with van der Waals surface area (Å²) in [6.07, 6.45) is 1.13. The van der Waals surface area contributed by atoms with Gasteiger partial charge in [-0.15, -0.1) is 0 Å². The van der Waals surface area contributed by atoms with Crippen molar-refractivity contribution in [3.63, 3.8) is 0 Å². The number of Topliss-reactive ketones (excluding diaryl/α,β-unsaturated/α-hetero) is 1. The average Bonchev–Trinajstić information content (AvgIpc) is 2.95. The molecule has 0 bridgehead atoms. The van der Waals surface area contributed by atoms with E-state index < -0.39 is 12.1 Å². The van der Waals surface area contributed by atoms with Crippen molar-refractivity contribution in [2.45, 2.75) is 51.9 Å². The summed E-state index contributed by atoms with van der Waals surface area (Å²) in [5.41, 5.74) is 10.6. The number of nitrogens with two attached hydrogens (primary N) is 2. The van der Waals surface area contributed by atoms with Crippen LogP contribution in [-0.4, -0.2) is 91.6 Å². The molecule has 2 amide bonds. The number of piperidine rings is 1. The van der Waals surface area contributed by atoms with Crippen LogP contribution in [0.4, 0.5) is 26.6 Å². The van der Waals surface area contributed by atoms with Crippen LogP contribution < -0.4 is 16.4 Å². The summed E-state index contributed by atoms with van der Waals surface area (Å²) in [6.45, 7) is 4.61. The molecule has 4 heterocycles. The number of carbonyl (C=O) groups excluding carboxylic acids is 3. The van der Waals surface area contributed by atoms with Gasteiger partial charge in [-0.3, -0.25) is 14.4 Å². The molecule has 0 unspecified atom stereocenters. The van der Waals surface area contributed by atoms with Crippen LogP contribution in [0.25, 0.3) is 11.4 Å². The Kier molecular flexibility index (Phi) is 9.32. The third-order valence-corrected chi connectivity index (χ3v) is 7.14. The molecule has 2 aliphatic heterocycles. The van der Waals surface area contributed by atoms with Crippen molar-refractivity contribution in [1.29, 1.82) is 0 Å². The normalized spacial score (nSPS) is 16.4. The van der Waals surface area contributed by atoms with Crippen molar-refractivity contribution in [3.05, 3.63) is 11.9 Å². The SMILES string of the molecule is CCCC(=O)CCC(=O)N1CCC(C(=O)N2CCN(c3nc(N)nc(-c4cnc(N)nc4C(F)F)n3)CC2)CC1. The third kappa shape index (κ3) is 6.93. The molecule has 0 spiro atoms. The molecule has 0 saturated carbocycles. The van der Waals surface area contributed by atoms with Gasteiger partial charge in [-0.1, -0.05) is 6.92 Å². The summed E-state index contributed by atoms with van der Waals surface area (Å²) in [5, 5.41) is 0. The van der Waals surface area contributed by atoms with Crippen molar-refractivity contribution in [1.82, 2.24) is 34.7 Å². The summed E-state index contributed by atoms with van der Waals surface area (Å²) in [6, 6.07) is 0. The molecule has 2 fully saturated rings. The van der Waals surface area contributed by atoms with Gasteiger partial charge in [-0.25, -0.2) is 18.7 Å². The number of likely N-dealkylation sites (tertiary alicyclic amines) is 1. The van der Waals surface area contributed by atoms with Crippen LogP contribution in [0.2, 0.25) is 0 Å². The second kappa shape index (κ2) is 12.9. The zero-order valence-electron chi connectivity index (χ0n) is 22.4. The van der Waals surface area contributed by atoms with E-state index in [2.05, 4.69) is 24.9 Å². The van der Waals surface area contributed by atoms with E-state index in [1.807, 2.05) is 11.8 Å². The molecule has 0 radical (unpaired) electrons. The van der Waals surface area contributed by atoms with Crippen LogP contribution in [0, 0.1) is 5.92 Å². The number of amides is 2. The fraction of sp³-hybridized carbons (Fsp3) is 0.600. The zero-order valence-corrected chi connectivity index (χ0v) is 22.4. The number of aromatic nitrogens is 5. The number of anilines is 3. The highest BCUT2D eigenvalue weighted by atomic mass is 19.3. The number of rotatable bonds is 9. The second-order valence-electron chi connectivity index (χ2n) is 9.90. The van der Waals surface area contributed by atoms with Crippen LogP contribution in [0.15, 0.2) is 6.20 Å². The van der Waals surface area contributed by atoms with Crippen LogP contribution in [0.1, 0.15) is 57.6 Å². The van der Waals surface area contributed by atoms with Crippen LogP contribution in [-0.2, 0) is 14.4 Å². The number of hydrogen-bond acceptors (Lipinski definition) is 11. The van der Waals surface area contributed by atoms with Crippen LogP contribution >= 0.6 is 0 Å². The van der Waals surface area contributed by atoms with E-state index in [0.29, 0.717) is 58.5 Å². The number of ketones is 1. The number of nitrogens with zero attached hydrogens (tertiary/aromatic N) is 8. The Morgan fingerprint density at radius 2 is 1.60 bits per heavy atom. The molecule has 0 aliphatic carbocycles. The quantitative estimate of drug-likeness (QED) is 0.454. The minimum absolute atomic E-state index is 0.0360. The minimum Gasteiger partial charge on any atom is -0.368 e. The first kappa shape index (κ1) is 29.0. The lowest BCUT2D eigenvalue weighted by Crippen LogP contribution is -2.52. The molecule has 4 rings (SSSR count). The van der Waals surface area contributed by atoms with Gasteiger partial charge in [-0.2, -0.15) is 15.0 Å². The highest BCUT2D eigenvalue weighted by Gasteiger charge is 2.32. The zero-order chi connectivity index (χ0) is 28.8. The summed E-state index contributed by atoms with van der Waals surface area (Å²) in [4.78, 5) is 62.6. The monoisotopic (exact) mass is 560 g/mol. The molecule has 2 saturated heterocycles. The van der Waals surface area contributed by atoms with Gasteiger partial charge in [-0.05, 0) is 19.3 Å². The van der Waals surface area contributed by atoms with Crippen LogP contribution in [0.5, 0.6) is 0 Å². The molecule has 216 valence electrons. The Hall–Kier alpha value is -4.04. The number of alkyl halides is 2. The van der Waals surface area contributed by atoms with Crippen molar-refractivity contribution in [3.8, 4) is 11.4 Å². The van der Waals surface area contributed by atoms with Crippen molar-refractivity contribution in [2.24, 2.45) is 5.92 Å². The van der Waals surface area contributed by atoms with Crippen molar-refractivity contribution >= 4 is 35.4 Å². The molecular weight excluding hydrogens is 526 g/mol. The molecule has 40 heavy (non-hydrogen) atoms. The molecule has 0 aromatic carbocycles. The summed E-state index contributed by atoms with van der Waals surface area (Å²) < 4.78 is 27.1. The molecule has 2 aromatic heterocycles. The van der Waals surface area contributed by atoms with E-state index in [9.17, 15) is 23.2 Å². The van der Waals surface area contributed by atoms with Gasteiger partial charge in [0.2, 0.25) is 29.7 Å². The Morgan fingerprint density at radius 1 is 0.900 bits per heavy atom. The summed E-state index contributed by atoms with van der Waals surface area (Å²) in [7, 11) is 0. The molecule has 0 atom stereocenters. The number of halogens is 2. The Bertz CT molecular complexity index is 1230. The summed E-state index contributed by atoms with van der Waals surface area (Å²) >= 11 is 0. The van der Waals surface area contributed by atoms with Gasteiger partial charge in [0.25, 0.3) is 6.43 Å². The van der Waals surface area contributed by atoms with Gasteiger partial charge >= 0.3 is 0 Å². The highest BCUT2D eigenvalue weighted by molar-refractivity contribution is 5.85. The van der Waals surface area contributed by atoms with E-state index in [1.54, 1.807) is 9.80 Å². The first-order valence-electron chi connectivity index (χ1n) is 13.4. The lowest BCUT2D eigenvalue weighted by atomic mass is 9.94. The molecule has 2 aliphatic rings.